The second-order valence-corrected chi connectivity index (χ2v) is 9.04. The summed E-state index contributed by atoms with van der Waals surface area (Å²) in [4.78, 5) is 23.5. The molecule has 0 saturated heterocycles. The summed E-state index contributed by atoms with van der Waals surface area (Å²) in [5.74, 6) is -0.320. The molecule has 0 bridgehead atoms. The van der Waals surface area contributed by atoms with Crippen LogP contribution in [-0.2, 0) is 19.4 Å². The lowest BCUT2D eigenvalue weighted by Gasteiger charge is -2.30. The number of hydrogen-bond acceptors (Lipinski definition) is 4. The van der Waals surface area contributed by atoms with Crippen molar-refractivity contribution in [3.8, 4) is 0 Å². The quantitative estimate of drug-likeness (QED) is 0.837. The van der Waals surface area contributed by atoms with E-state index in [2.05, 4.69) is 17.6 Å². The lowest BCUT2D eigenvalue weighted by atomic mass is 9.86. The van der Waals surface area contributed by atoms with Crippen LogP contribution in [0.25, 0.3) is 0 Å². The van der Waals surface area contributed by atoms with Gasteiger partial charge in [-0.1, -0.05) is 19.8 Å². The van der Waals surface area contributed by atoms with E-state index in [4.69, 9.17) is 0 Å². The van der Waals surface area contributed by atoms with Crippen LogP contribution in [0.1, 0.15) is 46.5 Å². The van der Waals surface area contributed by atoms with Crippen molar-refractivity contribution in [2.45, 2.75) is 62.6 Å². The molecule has 0 aliphatic heterocycles. The first-order valence-electron chi connectivity index (χ1n) is 8.63. The molecule has 25 heavy (non-hydrogen) atoms. The molecule has 2 rings (SSSR count). The maximum Gasteiger partial charge on any atom is 0.238 e. The molecular formula is C18H26N2O4S. The van der Waals surface area contributed by atoms with E-state index in [1.807, 2.05) is 0 Å². The minimum Gasteiger partial charge on any atom is -0.352 e. The second kappa shape index (κ2) is 7.99. The van der Waals surface area contributed by atoms with Gasteiger partial charge < -0.3 is 10.6 Å². The third-order valence-electron chi connectivity index (χ3n) is 4.78. The number of benzene rings is 1. The molecule has 0 aromatic heterocycles. The maximum absolute atomic E-state index is 12.7. The van der Waals surface area contributed by atoms with Crippen molar-refractivity contribution < 1.29 is 18.0 Å². The van der Waals surface area contributed by atoms with Crippen LogP contribution in [-0.4, -0.2) is 31.5 Å². The van der Waals surface area contributed by atoms with E-state index < -0.39 is 21.0 Å². The Balaban J connectivity index is 2.09. The molecule has 1 aromatic rings. The van der Waals surface area contributed by atoms with Crippen molar-refractivity contribution >= 4 is 27.3 Å². The highest BCUT2D eigenvalue weighted by Gasteiger charge is 2.32. The lowest BCUT2D eigenvalue weighted by molar-refractivity contribution is -0.121. The number of carbonyl (C=O) groups is 2. The Bertz CT molecular complexity index is 728. The zero-order valence-electron chi connectivity index (χ0n) is 14.9. The first-order chi connectivity index (χ1) is 11.7. The second-order valence-electron chi connectivity index (χ2n) is 6.77. The van der Waals surface area contributed by atoms with E-state index in [1.54, 1.807) is 0 Å². The van der Waals surface area contributed by atoms with E-state index in [0.717, 1.165) is 25.7 Å². The largest absolute Gasteiger partial charge is 0.352 e. The van der Waals surface area contributed by atoms with Crippen LogP contribution in [0, 0.1) is 5.92 Å². The highest BCUT2D eigenvalue weighted by Crippen LogP contribution is 2.25. The molecule has 3 atom stereocenters. The number of carbonyl (C=O) groups excluding carboxylic acids is 2. The summed E-state index contributed by atoms with van der Waals surface area (Å²) >= 11 is 0. The van der Waals surface area contributed by atoms with Crippen molar-refractivity contribution in [1.82, 2.24) is 5.32 Å². The molecule has 6 nitrogen and oxygen atoms in total. The fraction of sp³-hybridized carbons (Fsp3) is 0.556. The Hall–Kier alpha value is -1.89. The van der Waals surface area contributed by atoms with Gasteiger partial charge in [-0.05, 0) is 49.9 Å². The minimum atomic E-state index is -3.78. The summed E-state index contributed by atoms with van der Waals surface area (Å²) in [5, 5.41) is 4.33. The normalized spacial score (nSPS) is 22.0. The van der Waals surface area contributed by atoms with Crippen LogP contribution < -0.4 is 10.6 Å². The van der Waals surface area contributed by atoms with Gasteiger partial charge in [0.25, 0.3) is 0 Å². The van der Waals surface area contributed by atoms with Gasteiger partial charge >= 0.3 is 0 Å². The number of sulfone groups is 1. The SMILES string of the molecule is CC(=O)Nc1ccc(S(=O)(=O)C(C)C(=O)NC2CCCCC2C)cc1. The van der Waals surface area contributed by atoms with Crippen molar-refractivity contribution in [2.75, 3.05) is 5.32 Å². The van der Waals surface area contributed by atoms with E-state index >= 15 is 0 Å². The molecule has 7 heteroatoms. The van der Waals surface area contributed by atoms with Crippen LogP contribution in [0.2, 0.25) is 0 Å². The topological polar surface area (TPSA) is 92.3 Å². The predicted molar refractivity (Wildman–Crippen MR) is 97.0 cm³/mol. The summed E-state index contributed by atoms with van der Waals surface area (Å²) in [5.41, 5.74) is 0.514. The van der Waals surface area contributed by atoms with Crippen LogP contribution in [0.5, 0.6) is 0 Å². The number of anilines is 1. The molecule has 1 aromatic carbocycles. The van der Waals surface area contributed by atoms with E-state index in [9.17, 15) is 18.0 Å². The average molecular weight is 366 g/mol. The highest BCUT2D eigenvalue weighted by atomic mass is 32.2. The Morgan fingerprint density at radius 2 is 1.72 bits per heavy atom. The van der Waals surface area contributed by atoms with Gasteiger partial charge in [0.1, 0.15) is 5.25 Å². The first kappa shape index (κ1) is 19.4. The van der Waals surface area contributed by atoms with Gasteiger partial charge in [-0.25, -0.2) is 8.42 Å². The Morgan fingerprint density at radius 3 is 2.28 bits per heavy atom. The number of rotatable bonds is 5. The highest BCUT2D eigenvalue weighted by molar-refractivity contribution is 7.92. The van der Waals surface area contributed by atoms with Crippen LogP contribution >= 0.6 is 0 Å². The summed E-state index contributed by atoms with van der Waals surface area (Å²) in [7, 11) is -3.78. The maximum atomic E-state index is 12.7. The molecule has 3 unspecified atom stereocenters. The monoisotopic (exact) mass is 366 g/mol. The van der Waals surface area contributed by atoms with Crippen molar-refractivity contribution in [2.24, 2.45) is 5.92 Å². The first-order valence-corrected chi connectivity index (χ1v) is 10.2. The molecule has 0 heterocycles. The summed E-state index contributed by atoms with van der Waals surface area (Å²) in [6.07, 6.45) is 4.16. The average Bonchev–Trinajstić information content (AvgIpc) is 2.56. The van der Waals surface area contributed by atoms with E-state index in [-0.39, 0.29) is 16.8 Å². The van der Waals surface area contributed by atoms with E-state index in [1.165, 1.54) is 38.1 Å². The molecule has 1 aliphatic carbocycles. The zero-order chi connectivity index (χ0) is 18.6. The van der Waals surface area contributed by atoms with Gasteiger partial charge in [-0.2, -0.15) is 0 Å². The van der Waals surface area contributed by atoms with Crippen LogP contribution in [0.4, 0.5) is 5.69 Å². The number of hydrogen-bond donors (Lipinski definition) is 2. The minimum absolute atomic E-state index is 0.0426. The molecule has 1 aliphatic rings. The zero-order valence-corrected chi connectivity index (χ0v) is 15.7. The molecule has 1 saturated carbocycles. The molecule has 138 valence electrons. The van der Waals surface area contributed by atoms with Gasteiger partial charge in [0.05, 0.1) is 4.90 Å². The third-order valence-corrected chi connectivity index (χ3v) is 6.85. The van der Waals surface area contributed by atoms with Gasteiger partial charge in [0.2, 0.25) is 11.8 Å². The molecular weight excluding hydrogens is 340 g/mol. The van der Waals surface area contributed by atoms with Crippen LogP contribution in [0.3, 0.4) is 0 Å². The van der Waals surface area contributed by atoms with Gasteiger partial charge in [-0.3, -0.25) is 9.59 Å². The summed E-state index contributed by atoms with van der Waals surface area (Å²) < 4.78 is 25.4. The molecule has 0 spiro atoms. The molecule has 1 fully saturated rings. The molecule has 2 amide bonds. The third kappa shape index (κ3) is 4.81. The van der Waals surface area contributed by atoms with Crippen molar-refractivity contribution in [1.29, 1.82) is 0 Å². The molecule has 0 radical (unpaired) electrons. The van der Waals surface area contributed by atoms with Crippen molar-refractivity contribution in [3.63, 3.8) is 0 Å². The predicted octanol–water partition coefficient (Wildman–Crippen LogP) is 2.50. The summed E-state index contributed by atoms with van der Waals surface area (Å²) in [6, 6.07) is 5.90. The molecule has 2 N–H and O–H groups in total. The van der Waals surface area contributed by atoms with Gasteiger partial charge in [0.15, 0.2) is 9.84 Å². The summed E-state index contributed by atoms with van der Waals surface area (Å²) in [6.45, 7) is 4.88. The fourth-order valence-corrected chi connectivity index (χ4v) is 4.38. The Kier molecular flexibility index (Phi) is 6.21. The van der Waals surface area contributed by atoms with Gasteiger partial charge in [0, 0.05) is 18.7 Å². The van der Waals surface area contributed by atoms with Crippen LogP contribution in [0.15, 0.2) is 29.2 Å². The standard InChI is InChI=1S/C18H26N2O4S/c1-12-6-4-5-7-17(12)20-18(22)13(2)25(23,24)16-10-8-15(9-11-16)19-14(3)21/h8-13,17H,4-7H2,1-3H3,(H,19,21)(H,20,22). The smallest absolute Gasteiger partial charge is 0.238 e. The number of amides is 2. The lowest BCUT2D eigenvalue weighted by Crippen LogP contribution is -2.46. The van der Waals surface area contributed by atoms with E-state index in [0.29, 0.717) is 11.6 Å². The number of nitrogens with one attached hydrogen (secondary N) is 2. The Labute approximate surface area is 149 Å². The fourth-order valence-electron chi connectivity index (χ4n) is 3.11. The van der Waals surface area contributed by atoms with Gasteiger partial charge in [-0.15, -0.1) is 0 Å². The van der Waals surface area contributed by atoms with Crippen molar-refractivity contribution in [3.05, 3.63) is 24.3 Å². The Morgan fingerprint density at radius 1 is 1.12 bits per heavy atom.